The predicted molar refractivity (Wildman–Crippen MR) is 138 cm³/mol. The fraction of sp³-hybridized carbons (Fsp3) is 0.483. The zero-order valence-corrected chi connectivity index (χ0v) is 21.6. The van der Waals surface area contributed by atoms with Gasteiger partial charge in [0.1, 0.15) is 0 Å². The first-order valence-electron chi connectivity index (χ1n) is 11.7. The van der Waals surface area contributed by atoms with Crippen LogP contribution >= 0.6 is 0 Å². The summed E-state index contributed by atoms with van der Waals surface area (Å²) in [5, 5.41) is 17.9. The van der Waals surface area contributed by atoms with Crippen LogP contribution < -0.4 is 5.11 Å². The third-order valence-corrected chi connectivity index (χ3v) is 5.67. The Balaban J connectivity index is 2.50. The number of nitrogens with zero attached hydrogens (tertiary/aromatic N) is 2. The first-order chi connectivity index (χ1) is 14.8. The highest BCUT2D eigenvalue weighted by molar-refractivity contribution is 5.96. The van der Waals surface area contributed by atoms with Crippen molar-refractivity contribution in [1.82, 2.24) is 0 Å². The van der Waals surface area contributed by atoms with E-state index in [1.54, 1.807) is 13.8 Å². The Labute approximate surface area is 195 Å². The number of para-hydroxylation sites is 2. The van der Waals surface area contributed by atoms with Crippen LogP contribution in [0.1, 0.15) is 109 Å². The predicted octanol–water partition coefficient (Wildman–Crippen LogP) is 8.35. The van der Waals surface area contributed by atoms with Crippen molar-refractivity contribution in [3.05, 3.63) is 75.7 Å². The second kappa shape index (κ2) is 10.5. The van der Waals surface area contributed by atoms with Crippen LogP contribution in [0.15, 0.2) is 53.2 Å². The van der Waals surface area contributed by atoms with Crippen molar-refractivity contribution in [2.45, 2.75) is 92.6 Å². The number of allylic oxidation sites excluding steroid dienone is 2. The highest BCUT2D eigenvalue weighted by Crippen LogP contribution is 2.40. The molecule has 0 fully saturated rings. The molecule has 0 radical (unpaired) electrons. The van der Waals surface area contributed by atoms with E-state index >= 15 is 0 Å². The second-order valence-corrected chi connectivity index (χ2v) is 10.2. The molecule has 3 heteroatoms. The molecule has 2 aromatic rings. The first kappa shape index (κ1) is 25.9. The lowest BCUT2D eigenvalue weighted by molar-refractivity contribution is -0.474. The molecule has 3 nitrogen and oxygen atoms in total. The lowest BCUT2D eigenvalue weighted by atomic mass is 9.90. The van der Waals surface area contributed by atoms with Gasteiger partial charge in [0.25, 0.3) is 0 Å². The molecule has 0 aliphatic carbocycles. The zero-order chi connectivity index (χ0) is 24.2. The number of benzene rings is 2. The molecular formula is C29H40N2O-2. The quantitative estimate of drug-likeness (QED) is 0.387. The molecule has 0 spiro atoms. The van der Waals surface area contributed by atoms with Gasteiger partial charge in [-0.05, 0) is 35.8 Å². The van der Waals surface area contributed by atoms with Crippen LogP contribution in [0.2, 0.25) is 0 Å². The smallest absolute Gasteiger partial charge is 0.0690 e. The molecule has 0 aliphatic heterocycles. The van der Waals surface area contributed by atoms with Crippen LogP contribution in [0.25, 0.3) is 5.32 Å². The summed E-state index contributed by atoms with van der Waals surface area (Å²) in [4.78, 5) is 4.92. The van der Waals surface area contributed by atoms with E-state index in [4.69, 9.17) is 10.3 Å². The largest absolute Gasteiger partial charge is 0.846 e. The van der Waals surface area contributed by atoms with E-state index in [1.165, 1.54) is 11.1 Å². The van der Waals surface area contributed by atoms with Gasteiger partial charge in [0, 0.05) is 5.71 Å². The van der Waals surface area contributed by atoms with Crippen molar-refractivity contribution < 1.29 is 5.11 Å². The van der Waals surface area contributed by atoms with E-state index in [-0.39, 0.29) is 5.92 Å². The van der Waals surface area contributed by atoms with Crippen molar-refractivity contribution in [2.75, 3.05) is 0 Å². The molecule has 0 bridgehead atoms. The summed E-state index contributed by atoms with van der Waals surface area (Å²) >= 11 is 0. The highest BCUT2D eigenvalue weighted by Gasteiger charge is 2.16. The Morgan fingerprint density at radius 1 is 0.844 bits per heavy atom. The zero-order valence-electron chi connectivity index (χ0n) is 21.6. The summed E-state index contributed by atoms with van der Waals surface area (Å²) < 4.78 is 0. The molecule has 0 heterocycles. The van der Waals surface area contributed by atoms with Gasteiger partial charge in [-0.25, -0.2) is 0 Å². The van der Waals surface area contributed by atoms with Crippen LogP contribution in [0.5, 0.6) is 0 Å². The van der Waals surface area contributed by atoms with Gasteiger partial charge in [-0.15, -0.1) is 5.69 Å². The Kier molecular flexibility index (Phi) is 8.47. The van der Waals surface area contributed by atoms with Gasteiger partial charge in [-0.3, -0.25) is 4.99 Å². The maximum absolute atomic E-state index is 12.8. The van der Waals surface area contributed by atoms with Gasteiger partial charge in [0.2, 0.25) is 0 Å². The minimum atomic E-state index is -1.21. The van der Waals surface area contributed by atoms with Gasteiger partial charge >= 0.3 is 0 Å². The summed E-state index contributed by atoms with van der Waals surface area (Å²) in [6, 6.07) is 12.4. The highest BCUT2D eigenvalue weighted by atomic mass is 16.3. The van der Waals surface area contributed by atoms with Gasteiger partial charge < -0.3 is 10.4 Å². The topological polar surface area (TPSA) is 49.5 Å². The average molecular weight is 433 g/mol. The van der Waals surface area contributed by atoms with Crippen molar-refractivity contribution in [3.8, 4) is 0 Å². The Bertz CT molecular complexity index is 962. The number of aliphatic imine (C=N–C) groups is 1. The summed E-state index contributed by atoms with van der Waals surface area (Å²) in [5.74, 6) is 1.08. The Morgan fingerprint density at radius 2 is 1.31 bits per heavy atom. The molecule has 2 rings (SSSR count). The molecular weight excluding hydrogens is 392 g/mol. The maximum Gasteiger partial charge on any atom is 0.0690 e. The van der Waals surface area contributed by atoms with Crippen LogP contribution in [0.4, 0.5) is 11.4 Å². The summed E-state index contributed by atoms with van der Waals surface area (Å²) in [6.07, 6.45) is 2.01. The lowest BCUT2D eigenvalue weighted by Crippen LogP contribution is -2.33. The van der Waals surface area contributed by atoms with Crippen molar-refractivity contribution in [2.24, 2.45) is 4.99 Å². The van der Waals surface area contributed by atoms with Crippen LogP contribution in [-0.2, 0) is 5.60 Å². The SMILES string of the molecule is CC(/C=C(\C)[N-]c1c(C(C)C)cccc1C(C)C)=Nc1c(C(C)C)cccc1C(C)(C)[O-]. The van der Waals surface area contributed by atoms with E-state index in [0.29, 0.717) is 11.8 Å². The summed E-state index contributed by atoms with van der Waals surface area (Å²) in [7, 11) is 0. The molecule has 174 valence electrons. The molecule has 0 aromatic heterocycles. The molecule has 0 saturated carbocycles. The van der Waals surface area contributed by atoms with Crippen molar-refractivity contribution >= 4 is 17.1 Å². The molecule has 0 N–H and O–H groups in total. The monoisotopic (exact) mass is 432 g/mol. The molecule has 0 aliphatic rings. The minimum Gasteiger partial charge on any atom is -0.846 e. The Morgan fingerprint density at radius 3 is 1.78 bits per heavy atom. The van der Waals surface area contributed by atoms with Gasteiger partial charge in [0.05, 0.1) is 5.69 Å². The number of hydrogen-bond acceptors (Lipinski definition) is 2. The normalized spacial score (nSPS) is 13.4. The van der Waals surface area contributed by atoms with E-state index in [9.17, 15) is 5.11 Å². The van der Waals surface area contributed by atoms with Crippen molar-refractivity contribution in [3.63, 3.8) is 0 Å². The molecule has 0 atom stereocenters. The second-order valence-electron chi connectivity index (χ2n) is 10.2. The van der Waals surface area contributed by atoms with Crippen LogP contribution in [0, 0.1) is 0 Å². The molecule has 2 aromatic carbocycles. The van der Waals surface area contributed by atoms with Gasteiger partial charge in [0.15, 0.2) is 0 Å². The maximum atomic E-state index is 12.8. The molecule has 0 unspecified atom stereocenters. The number of rotatable bonds is 8. The Hall–Kier alpha value is -2.39. The molecule has 0 amide bonds. The fourth-order valence-electron chi connectivity index (χ4n) is 4.00. The summed E-state index contributed by atoms with van der Waals surface area (Å²) in [5.41, 5.74) is 6.77. The van der Waals surface area contributed by atoms with Gasteiger partial charge in [-0.2, -0.15) is 5.70 Å². The first-order valence-corrected chi connectivity index (χ1v) is 11.7. The van der Waals surface area contributed by atoms with Crippen molar-refractivity contribution in [1.29, 1.82) is 0 Å². The molecule has 0 saturated heterocycles. The standard InChI is InChI=1S/C29H40N2O/c1-18(2)23-13-11-14-24(19(3)4)27(23)30-21(7)17-22(8)31-28-25(20(5)6)15-12-16-26(28)29(9,10)32/h11-20H,1-10H3/q-2/b21-17+,31-22?. The minimum absolute atomic E-state index is 0.283. The van der Waals surface area contributed by atoms with E-state index in [1.807, 2.05) is 32.1 Å². The number of hydrogen-bond donors (Lipinski definition) is 0. The van der Waals surface area contributed by atoms with E-state index < -0.39 is 5.60 Å². The van der Waals surface area contributed by atoms with E-state index in [2.05, 4.69) is 65.8 Å². The third kappa shape index (κ3) is 6.32. The third-order valence-electron chi connectivity index (χ3n) is 5.67. The van der Waals surface area contributed by atoms with E-state index in [0.717, 1.165) is 33.9 Å². The average Bonchev–Trinajstić information content (AvgIpc) is 2.66. The lowest BCUT2D eigenvalue weighted by Gasteiger charge is -2.34. The molecule has 32 heavy (non-hydrogen) atoms. The van der Waals surface area contributed by atoms with Gasteiger partial charge in [-0.1, -0.05) is 122 Å². The fourth-order valence-corrected chi connectivity index (χ4v) is 4.00. The van der Waals surface area contributed by atoms with Crippen LogP contribution in [0.3, 0.4) is 0 Å². The summed E-state index contributed by atoms with van der Waals surface area (Å²) in [6.45, 7) is 20.5. The van der Waals surface area contributed by atoms with Crippen LogP contribution in [-0.4, -0.2) is 5.71 Å².